The van der Waals surface area contributed by atoms with Gasteiger partial charge in [-0.3, -0.25) is 4.79 Å². The van der Waals surface area contributed by atoms with E-state index in [2.05, 4.69) is 17.6 Å². The molecule has 2 heterocycles. The predicted octanol–water partition coefficient (Wildman–Crippen LogP) is 1.03. The Bertz CT molecular complexity index is 386. The maximum atomic E-state index is 12.0. The summed E-state index contributed by atoms with van der Waals surface area (Å²) < 4.78 is 1.99. The van der Waals surface area contributed by atoms with Gasteiger partial charge < -0.3 is 15.2 Å². The second kappa shape index (κ2) is 5.36. The highest BCUT2D eigenvalue weighted by molar-refractivity contribution is 5.82. The lowest BCUT2D eigenvalue weighted by Gasteiger charge is -2.28. The summed E-state index contributed by atoms with van der Waals surface area (Å²) in [6, 6.07) is 2.00. The average Bonchev–Trinajstić information content (AvgIpc) is 2.73. The molecule has 0 aromatic carbocycles. The van der Waals surface area contributed by atoms with Gasteiger partial charge >= 0.3 is 0 Å². The fourth-order valence-electron chi connectivity index (χ4n) is 2.37. The van der Waals surface area contributed by atoms with Gasteiger partial charge in [-0.25, -0.2) is 0 Å². The summed E-state index contributed by atoms with van der Waals surface area (Å²) >= 11 is 0. The molecule has 0 spiro atoms. The minimum Gasteiger partial charge on any atom is -0.357 e. The number of rotatable bonds is 3. The van der Waals surface area contributed by atoms with Crippen LogP contribution in [0.4, 0.5) is 0 Å². The van der Waals surface area contributed by atoms with Gasteiger partial charge in [-0.2, -0.15) is 0 Å². The zero-order valence-corrected chi connectivity index (χ0v) is 10.6. The molecule has 4 nitrogen and oxygen atoms in total. The van der Waals surface area contributed by atoms with Gasteiger partial charge in [0.1, 0.15) is 0 Å². The van der Waals surface area contributed by atoms with Crippen LogP contribution in [0.5, 0.6) is 0 Å². The minimum absolute atomic E-state index is 0.0209. The van der Waals surface area contributed by atoms with E-state index in [9.17, 15) is 4.79 Å². The standard InChI is InChI=1S/C13H21N3O/c1-10-4-3-6-14-12(10)13(17)15-8-11-5-7-16(2)9-11/h5,7,9-10,12,14H,3-4,6,8H2,1-2H3,(H,15,17). The number of aromatic nitrogens is 1. The first-order valence-corrected chi connectivity index (χ1v) is 6.29. The molecule has 1 aromatic rings. The van der Waals surface area contributed by atoms with E-state index in [-0.39, 0.29) is 11.9 Å². The third-order valence-corrected chi connectivity index (χ3v) is 3.41. The Hall–Kier alpha value is -1.29. The van der Waals surface area contributed by atoms with Gasteiger partial charge in [0.2, 0.25) is 5.91 Å². The fraction of sp³-hybridized carbons (Fsp3) is 0.615. The van der Waals surface area contributed by atoms with Crippen molar-refractivity contribution in [1.29, 1.82) is 0 Å². The van der Waals surface area contributed by atoms with E-state index in [0.29, 0.717) is 12.5 Å². The molecule has 0 bridgehead atoms. The molecule has 4 heteroatoms. The molecule has 1 aliphatic rings. The second-order valence-electron chi connectivity index (χ2n) is 4.95. The fourth-order valence-corrected chi connectivity index (χ4v) is 2.37. The van der Waals surface area contributed by atoms with Crippen molar-refractivity contribution >= 4 is 5.91 Å². The molecule has 1 fully saturated rings. The number of nitrogens with one attached hydrogen (secondary N) is 2. The number of hydrogen-bond donors (Lipinski definition) is 2. The molecule has 1 aromatic heterocycles. The number of hydrogen-bond acceptors (Lipinski definition) is 2. The van der Waals surface area contributed by atoms with Gasteiger partial charge in [0, 0.05) is 26.0 Å². The molecular weight excluding hydrogens is 214 g/mol. The Morgan fingerprint density at radius 1 is 1.65 bits per heavy atom. The number of amides is 1. The highest BCUT2D eigenvalue weighted by Crippen LogP contribution is 2.15. The van der Waals surface area contributed by atoms with Crippen LogP contribution >= 0.6 is 0 Å². The number of nitrogens with zero attached hydrogens (tertiary/aromatic N) is 1. The van der Waals surface area contributed by atoms with E-state index in [1.807, 2.05) is 30.1 Å². The van der Waals surface area contributed by atoms with Crippen molar-refractivity contribution in [2.45, 2.75) is 32.4 Å². The summed E-state index contributed by atoms with van der Waals surface area (Å²) in [4.78, 5) is 12.0. The Morgan fingerprint density at radius 2 is 2.47 bits per heavy atom. The van der Waals surface area contributed by atoms with Crippen molar-refractivity contribution in [1.82, 2.24) is 15.2 Å². The maximum absolute atomic E-state index is 12.0. The zero-order chi connectivity index (χ0) is 12.3. The van der Waals surface area contributed by atoms with Gasteiger partial charge in [0.15, 0.2) is 0 Å². The molecule has 2 N–H and O–H groups in total. The largest absolute Gasteiger partial charge is 0.357 e. The van der Waals surface area contributed by atoms with Crippen LogP contribution in [0.15, 0.2) is 18.5 Å². The average molecular weight is 235 g/mol. The van der Waals surface area contributed by atoms with Gasteiger partial charge in [0.05, 0.1) is 6.04 Å². The van der Waals surface area contributed by atoms with Crippen molar-refractivity contribution < 1.29 is 4.79 Å². The summed E-state index contributed by atoms with van der Waals surface area (Å²) in [6.07, 6.45) is 6.32. The maximum Gasteiger partial charge on any atom is 0.237 e. The topological polar surface area (TPSA) is 46.1 Å². The third-order valence-electron chi connectivity index (χ3n) is 3.41. The van der Waals surface area contributed by atoms with Crippen molar-refractivity contribution in [3.05, 3.63) is 24.0 Å². The van der Waals surface area contributed by atoms with E-state index < -0.39 is 0 Å². The Labute approximate surface area is 102 Å². The lowest BCUT2D eigenvalue weighted by atomic mass is 9.92. The Morgan fingerprint density at radius 3 is 3.12 bits per heavy atom. The monoisotopic (exact) mass is 235 g/mol. The summed E-state index contributed by atoms with van der Waals surface area (Å²) in [5.41, 5.74) is 1.14. The van der Waals surface area contributed by atoms with Gasteiger partial charge in [0.25, 0.3) is 0 Å². The van der Waals surface area contributed by atoms with E-state index >= 15 is 0 Å². The molecule has 1 saturated heterocycles. The third kappa shape index (κ3) is 3.09. The summed E-state index contributed by atoms with van der Waals surface area (Å²) in [5.74, 6) is 0.556. The van der Waals surface area contributed by atoms with Crippen LogP contribution in [0.1, 0.15) is 25.3 Å². The van der Waals surface area contributed by atoms with Crippen LogP contribution in [0.2, 0.25) is 0 Å². The van der Waals surface area contributed by atoms with E-state index in [1.54, 1.807) is 0 Å². The van der Waals surface area contributed by atoms with Crippen LogP contribution in [-0.4, -0.2) is 23.1 Å². The Kier molecular flexibility index (Phi) is 3.84. The number of carbonyl (C=O) groups excluding carboxylic acids is 1. The molecule has 2 rings (SSSR count). The molecule has 0 aliphatic carbocycles. The first-order valence-electron chi connectivity index (χ1n) is 6.29. The normalized spacial score (nSPS) is 24.6. The zero-order valence-electron chi connectivity index (χ0n) is 10.6. The lowest BCUT2D eigenvalue weighted by Crippen LogP contribution is -2.50. The van der Waals surface area contributed by atoms with Gasteiger partial charge in [-0.1, -0.05) is 6.92 Å². The van der Waals surface area contributed by atoms with Crippen molar-refractivity contribution in [3.8, 4) is 0 Å². The number of carbonyl (C=O) groups is 1. The summed E-state index contributed by atoms with van der Waals surface area (Å²) in [6.45, 7) is 3.71. The highest BCUT2D eigenvalue weighted by Gasteiger charge is 2.26. The van der Waals surface area contributed by atoms with Gasteiger partial charge in [-0.15, -0.1) is 0 Å². The molecule has 94 valence electrons. The molecule has 2 atom stereocenters. The quantitative estimate of drug-likeness (QED) is 0.822. The van der Waals surface area contributed by atoms with Crippen molar-refractivity contribution in [3.63, 3.8) is 0 Å². The smallest absolute Gasteiger partial charge is 0.237 e. The number of piperidine rings is 1. The van der Waals surface area contributed by atoms with Crippen LogP contribution in [0, 0.1) is 5.92 Å². The first kappa shape index (κ1) is 12.2. The minimum atomic E-state index is -0.0209. The van der Waals surface area contributed by atoms with E-state index in [0.717, 1.165) is 18.5 Å². The number of aryl methyl sites for hydroxylation is 1. The summed E-state index contributed by atoms with van der Waals surface area (Å²) in [7, 11) is 1.98. The molecule has 0 saturated carbocycles. The molecule has 1 amide bonds. The first-order chi connectivity index (χ1) is 8.16. The van der Waals surface area contributed by atoms with E-state index in [1.165, 1.54) is 6.42 Å². The van der Waals surface area contributed by atoms with Gasteiger partial charge in [-0.05, 0) is 36.9 Å². The van der Waals surface area contributed by atoms with E-state index in [4.69, 9.17) is 0 Å². The van der Waals surface area contributed by atoms with Crippen LogP contribution in [0.3, 0.4) is 0 Å². The lowest BCUT2D eigenvalue weighted by molar-refractivity contribution is -0.125. The highest BCUT2D eigenvalue weighted by atomic mass is 16.2. The SMILES string of the molecule is CC1CCCNC1C(=O)NCc1ccn(C)c1. The second-order valence-corrected chi connectivity index (χ2v) is 4.95. The molecule has 2 unspecified atom stereocenters. The van der Waals surface area contributed by atoms with Crippen molar-refractivity contribution in [2.24, 2.45) is 13.0 Å². The van der Waals surface area contributed by atoms with Crippen molar-refractivity contribution in [2.75, 3.05) is 6.54 Å². The van der Waals surface area contributed by atoms with Crippen LogP contribution in [0.25, 0.3) is 0 Å². The predicted molar refractivity (Wildman–Crippen MR) is 67.4 cm³/mol. The molecule has 17 heavy (non-hydrogen) atoms. The Balaban J connectivity index is 1.84. The molecular formula is C13H21N3O. The van der Waals surface area contributed by atoms with Crippen LogP contribution < -0.4 is 10.6 Å². The molecule has 1 aliphatic heterocycles. The molecule has 0 radical (unpaired) electrons. The summed E-state index contributed by atoms with van der Waals surface area (Å²) in [5, 5.41) is 6.29. The van der Waals surface area contributed by atoms with Crippen LogP contribution in [-0.2, 0) is 18.4 Å².